The Morgan fingerprint density at radius 3 is 1.58 bits per heavy atom. The van der Waals surface area contributed by atoms with Crippen LogP contribution < -0.4 is 9.47 Å². The number of alkyl halides is 1. The molecule has 6 N–H and O–H groups in total. The molecule has 0 saturated heterocycles. The lowest BCUT2D eigenvalue weighted by atomic mass is 10.1. The first-order chi connectivity index (χ1) is 8.62. The first-order valence-corrected chi connectivity index (χ1v) is 7.55. The van der Waals surface area contributed by atoms with Gasteiger partial charge in [0, 0.05) is 10.5 Å². The molecule has 0 bridgehead atoms. The van der Waals surface area contributed by atoms with E-state index in [4.69, 9.17) is 30.6 Å². The van der Waals surface area contributed by atoms with Gasteiger partial charge in [-0.1, -0.05) is 0 Å². The summed E-state index contributed by atoms with van der Waals surface area (Å²) < 4.78 is 10.9. The predicted octanol–water partition coefficient (Wildman–Crippen LogP) is -1.87. The molecular weight excluding hydrogens is 375 g/mol. The van der Waals surface area contributed by atoms with Gasteiger partial charge in [-0.15, -0.1) is 20.7 Å². The van der Waals surface area contributed by atoms with E-state index >= 15 is 0 Å². The van der Waals surface area contributed by atoms with E-state index in [1.165, 1.54) is 12.1 Å². The zero-order valence-corrected chi connectivity index (χ0v) is 11.5. The first kappa shape index (κ1) is 14.6. The third kappa shape index (κ3) is 4.99. The fourth-order valence-electron chi connectivity index (χ4n) is 1.35. The second-order valence-electron chi connectivity index (χ2n) is 3.72. The average molecular weight is 386 g/mol. The van der Waals surface area contributed by atoms with Gasteiger partial charge >= 0.3 is 12.3 Å². The van der Waals surface area contributed by atoms with Crippen LogP contribution in [0.3, 0.4) is 0 Å². The van der Waals surface area contributed by atoms with Crippen molar-refractivity contribution < 1.29 is 40.1 Å². The number of ether oxygens (including phenoxy) is 2. The highest BCUT2D eigenvalue weighted by Gasteiger charge is 2.25. The second kappa shape index (κ2) is 4.94. The maximum atomic E-state index is 8.74. The molecule has 2 rings (SSSR count). The Kier molecular flexibility index (Phi) is 3.79. The number of hydrogen-bond donors (Lipinski definition) is 6. The molecule has 19 heavy (non-hydrogen) atoms. The Morgan fingerprint density at radius 2 is 1.26 bits per heavy atom. The molecule has 0 radical (unpaired) electrons. The van der Waals surface area contributed by atoms with Crippen molar-refractivity contribution in [3.05, 3.63) is 23.8 Å². The monoisotopic (exact) mass is 386 g/mol. The van der Waals surface area contributed by atoms with Crippen molar-refractivity contribution in [3.63, 3.8) is 0 Å². The molecule has 0 amide bonds. The lowest BCUT2D eigenvalue weighted by Crippen LogP contribution is -2.35. The molecule has 1 aromatic rings. The summed E-state index contributed by atoms with van der Waals surface area (Å²) in [5.41, 5.74) is 0.647. The molecule has 1 aromatic carbocycles. The van der Waals surface area contributed by atoms with Crippen LogP contribution in [0.2, 0.25) is 0 Å². The van der Waals surface area contributed by atoms with Gasteiger partial charge in [0.2, 0.25) is 0 Å². The Morgan fingerprint density at radius 1 is 0.842 bits per heavy atom. The average Bonchev–Trinajstić information content (AvgIpc) is 2.92. The van der Waals surface area contributed by atoms with Crippen LogP contribution in [0.4, 0.5) is 0 Å². The van der Waals surface area contributed by atoms with E-state index in [0.29, 0.717) is 5.56 Å². The third-order valence-corrected chi connectivity index (χ3v) is 4.12. The van der Waals surface area contributed by atoms with Crippen molar-refractivity contribution in [3.8, 4) is 11.5 Å². The summed E-state index contributed by atoms with van der Waals surface area (Å²) in [6, 6.07) is 3.90. The fourth-order valence-corrected chi connectivity index (χ4v) is 2.73. The lowest BCUT2D eigenvalue weighted by molar-refractivity contribution is -0.420. The molecule has 1 aliphatic heterocycles. The molecule has 0 saturated carbocycles. The zero-order valence-electron chi connectivity index (χ0n) is 9.32. The highest BCUT2D eigenvalue weighted by molar-refractivity contribution is 14.2. The molecule has 0 spiro atoms. The van der Waals surface area contributed by atoms with E-state index in [9.17, 15) is 0 Å². The maximum Gasteiger partial charge on any atom is 0.453 e. The van der Waals surface area contributed by atoms with Crippen molar-refractivity contribution in [1.29, 1.82) is 0 Å². The number of halogens is 1. The Bertz CT molecular complexity index is 479. The van der Waals surface area contributed by atoms with Gasteiger partial charge in [-0.25, -0.2) is 0 Å². The molecule has 0 atom stereocenters. The van der Waals surface area contributed by atoms with Gasteiger partial charge in [0.05, 0.1) is 0 Å². The molecule has 9 heteroatoms. The molecule has 0 aromatic heterocycles. The summed E-state index contributed by atoms with van der Waals surface area (Å²) in [4.78, 5) is 0. The first-order valence-electron chi connectivity index (χ1n) is 4.95. The maximum absolute atomic E-state index is 8.74. The number of hydrogen-bond acceptors (Lipinski definition) is 8. The van der Waals surface area contributed by atoms with Gasteiger partial charge in [-0.05, 0) is 21.2 Å². The topological polar surface area (TPSA) is 140 Å². The predicted molar refractivity (Wildman–Crippen MR) is 69.5 cm³/mol. The fraction of sp³-hybridized carbons (Fsp3) is 0.300. The van der Waals surface area contributed by atoms with E-state index in [-0.39, 0.29) is 32.2 Å². The molecule has 1 heterocycles. The van der Waals surface area contributed by atoms with Gasteiger partial charge in [-0.2, -0.15) is 0 Å². The van der Waals surface area contributed by atoms with Crippen LogP contribution in [0.25, 0.3) is 0 Å². The minimum Gasteiger partial charge on any atom is -0.417 e. The molecule has 106 valence electrons. The zero-order chi connectivity index (χ0) is 14.3. The van der Waals surface area contributed by atoms with Gasteiger partial charge in [0.25, 0.3) is 0 Å². The van der Waals surface area contributed by atoms with Crippen LogP contribution in [-0.4, -0.2) is 50.9 Å². The van der Waals surface area contributed by atoms with Crippen LogP contribution >= 0.6 is 20.7 Å². The van der Waals surface area contributed by atoms with Crippen LogP contribution in [-0.2, 0) is 0 Å². The van der Waals surface area contributed by atoms with E-state index in [0.717, 1.165) is 14.0 Å². The Balaban J connectivity index is 2.30. The van der Waals surface area contributed by atoms with Crippen molar-refractivity contribution in [1.82, 2.24) is 0 Å². The summed E-state index contributed by atoms with van der Waals surface area (Å²) in [6.07, 6.45) is -6.73. The van der Waals surface area contributed by atoms with Crippen molar-refractivity contribution in [2.75, 3.05) is 4.43 Å². The van der Waals surface area contributed by atoms with Gasteiger partial charge < -0.3 is 40.1 Å². The van der Waals surface area contributed by atoms with Crippen molar-refractivity contribution in [2.45, 2.75) is 12.3 Å². The minimum atomic E-state index is -3.37. The number of aliphatic hydroxyl groups is 6. The van der Waals surface area contributed by atoms with E-state index in [1.54, 1.807) is 0 Å². The van der Waals surface area contributed by atoms with E-state index < -0.39 is 12.3 Å². The molecule has 8 nitrogen and oxygen atoms in total. The highest BCUT2D eigenvalue weighted by Crippen LogP contribution is 2.32. The Hall–Kier alpha value is -0.820. The van der Waals surface area contributed by atoms with Gasteiger partial charge in [-0.3, -0.25) is 0 Å². The van der Waals surface area contributed by atoms with E-state index in [1.807, 2.05) is 0 Å². The van der Waals surface area contributed by atoms with Crippen LogP contribution in [0.5, 0.6) is 11.5 Å². The van der Waals surface area contributed by atoms with Crippen LogP contribution in [0.1, 0.15) is 5.56 Å². The highest BCUT2D eigenvalue weighted by atomic mass is 127. The van der Waals surface area contributed by atoms with Crippen molar-refractivity contribution >= 4 is 24.2 Å². The lowest BCUT2D eigenvalue weighted by Gasteiger charge is -2.19. The summed E-state index contributed by atoms with van der Waals surface area (Å²) >= 11 is -0.0677. The van der Waals surface area contributed by atoms with Crippen LogP contribution in [0, 0.1) is 0 Å². The largest absolute Gasteiger partial charge is 0.453 e. The normalized spacial score (nSPS) is 15.4. The smallest absolute Gasteiger partial charge is 0.417 e. The van der Waals surface area contributed by atoms with Crippen molar-refractivity contribution in [2.24, 2.45) is 0 Å². The SMILES string of the molecule is OC(O)(O)Oc1cc(OC(O)(O)O)cc(C2=IC2)c1. The third-order valence-electron chi connectivity index (χ3n) is 1.97. The van der Waals surface area contributed by atoms with Gasteiger partial charge in [0.1, 0.15) is 11.5 Å². The number of benzene rings is 1. The quantitative estimate of drug-likeness (QED) is 0.197. The van der Waals surface area contributed by atoms with E-state index in [2.05, 4.69) is 9.47 Å². The summed E-state index contributed by atoms with van der Waals surface area (Å²) in [7, 11) is 0. The van der Waals surface area contributed by atoms with Crippen LogP contribution in [0.15, 0.2) is 18.2 Å². The second-order valence-corrected chi connectivity index (χ2v) is 6.54. The minimum absolute atomic E-state index is 0.0677. The summed E-state index contributed by atoms with van der Waals surface area (Å²) in [5, 5.41) is 52.4. The molecule has 0 fully saturated rings. The number of rotatable bonds is 5. The molecular formula is C10H11IO8. The molecule has 0 unspecified atom stereocenters. The van der Waals surface area contributed by atoms with Gasteiger partial charge in [0.15, 0.2) is 0 Å². The summed E-state index contributed by atoms with van der Waals surface area (Å²) in [6.45, 7) is 0. The standard InChI is InChI=1S/C10H11IO8/c12-9(13,14)18-6-1-5(8-4-11-8)2-7(3-6)19-10(15,16)17/h1-3,12-17H,4H2. The summed E-state index contributed by atoms with van der Waals surface area (Å²) in [5.74, 6) is -0.347. The molecule has 1 aliphatic rings. The Labute approximate surface area is 116 Å². The molecule has 0 aliphatic carbocycles.